The minimum atomic E-state index is -4.55. The molecule has 5 unspecified atom stereocenters. The fourth-order valence-electron chi connectivity index (χ4n) is 5.60. The monoisotopic (exact) mass is 470 g/mol. The molecule has 1 aliphatic heterocycles. The topological polar surface area (TPSA) is 97.2 Å². The molecule has 34 heavy (non-hydrogen) atoms. The molecule has 11 heteroatoms. The molecule has 1 saturated heterocycles. The minimum absolute atomic E-state index is 0.0435. The van der Waals surface area contributed by atoms with Crippen LogP contribution in [0.15, 0.2) is 43.1 Å². The summed E-state index contributed by atoms with van der Waals surface area (Å²) in [5.41, 5.74) is 1.04. The van der Waals surface area contributed by atoms with Gasteiger partial charge in [0.2, 0.25) is 5.88 Å². The second kappa shape index (κ2) is 7.41. The van der Waals surface area contributed by atoms with Gasteiger partial charge in [-0.15, -0.1) is 0 Å². The molecule has 3 aliphatic rings. The molecule has 4 heterocycles. The molecule has 3 aromatic rings. The number of rotatable bonds is 5. The SMILES string of the molecule is Cc1cnc(-c2ncccn2)c(C(O)N2CC3CC34CC(Oc3cnc(C(F)(F)F)cn3)C24)c1. The fourth-order valence-corrected chi connectivity index (χ4v) is 5.60. The second-order valence-electron chi connectivity index (χ2n) is 9.27. The quantitative estimate of drug-likeness (QED) is 0.607. The maximum Gasteiger partial charge on any atom is 0.434 e. The van der Waals surface area contributed by atoms with E-state index < -0.39 is 18.1 Å². The van der Waals surface area contributed by atoms with E-state index in [0.29, 0.717) is 35.7 Å². The van der Waals surface area contributed by atoms with Crippen molar-refractivity contribution < 1.29 is 23.0 Å². The Morgan fingerprint density at radius 2 is 1.88 bits per heavy atom. The van der Waals surface area contributed by atoms with Crippen LogP contribution in [0.4, 0.5) is 13.2 Å². The van der Waals surface area contributed by atoms with Crippen LogP contribution in [0.2, 0.25) is 0 Å². The van der Waals surface area contributed by atoms with Crippen molar-refractivity contribution in [2.24, 2.45) is 11.3 Å². The minimum Gasteiger partial charge on any atom is -0.472 e. The summed E-state index contributed by atoms with van der Waals surface area (Å²) in [7, 11) is 0. The average molecular weight is 470 g/mol. The van der Waals surface area contributed by atoms with Crippen LogP contribution in [0.3, 0.4) is 0 Å². The maximum absolute atomic E-state index is 12.8. The highest BCUT2D eigenvalue weighted by Gasteiger charge is 2.75. The van der Waals surface area contributed by atoms with Crippen molar-refractivity contribution in [2.45, 2.75) is 44.3 Å². The van der Waals surface area contributed by atoms with Gasteiger partial charge in [-0.25, -0.2) is 19.9 Å². The molecule has 0 aromatic carbocycles. The lowest BCUT2D eigenvalue weighted by Gasteiger charge is -2.48. The highest BCUT2D eigenvalue weighted by molar-refractivity contribution is 5.56. The van der Waals surface area contributed by atoms with Crippen molar-refractivity contribution in [3.05, 3.63) is 59.9 Å². The van der Waals surface area contributed by atoms with Crippen LogP contribution in [0.25, 0.3) is 11.5 Å². The van der Waals surface area contributed by atoms with E-state index in [0.717, 1.165) is 24.6 Å². The van der Waals surface area contributed by atoms with Crippen molar-refractivity contribution in [1.29, 1.82) is 0 Å². The Balaban J connectivity index is 1.26. The Labute approximate surface area is 192 Å². The predicted octanol–water partition coefficient (Wildman–Crippen LogP) is 3.19. The van der Waals surface area contributed by atoms with E-state index in [-0.39, 0.29) is 23.4 Å². The number of likely N-dealkylation sites (tertiary alicyclic amines) is 1. The third kappa shape index (κ3) is 3.33. The van der Waals surface area contributed by atoms with Gasteiger partial charge in [-0.05, 0) is 48.8 Å². The summed E-state index contributed by atoms with van der Waals surface area (Å²) in [4.78, 5) is 22.3. The summed E-state index contributed by atoms with van der Waals surface area (Å²) in [6, 6.07) is 3.52. The van der Waals surface area contributed by atoms with Crippen molar-refractivity contribution >= 4 is 0 Å². The number of aliphatic hydroxyl groups excluding tert-OH is 1. The molecule has 3 fully saturated rings. The van der Waals surface area contributed by atoms with Gasteiger partial charge >= 0.3 is 6.18 Å². The van der Waals surface area contributed by atoms with E-state index in [1.54, 1.807) is 24.7 Å². The summed E-state index contributed by atoms with van der Waals surface area (Å²) in [5.74, 6) is 0.930. The first-order valence-electron chi connectivity index (χ1n) is 11.0. The number of alkyl halides is 3. The summed E-state index contributed by atoms with van der Waals surface area (Å²) >= 11 is 0. The normalized spacial score (nSPS) is 28.6. The van der Waals surface area contributed by atoms with E-state index in [1.165, 1.54) is 0 Å². The number of aryl methyl sites for hydroxylation is 1. The molecule has 5 atom stereocenters. The van der Waals surface area contributed by atoms with Gasteiger partial charge < -0.3 is 9.84 Å². The number of piperidine rings is 1. The lowest BCUT2D eigenvalue weighted by Crippen LogP contribution is -2.58. The number of ether oxygens (including phenoxy) is 1. The van der Waals surface area contributed by atoms with E-state index in [2.05, 4.69) is 24.9 Å². The van der Waals surface area contributed by atoms with Gasteiger partial charge in [0.25, 0.3) is 0 Å². The number of halogens is 3. The van der Waals surface area contributed by atoms with Crippen molar-refractivity contribution in [3.8, 4) is 17.4 Å². The Bertz CT molecular complexity index is 1230. The number of aliphatic hydroxyl groups is 1. The third-order valence-corrected chi connectivity index (χ3v) is 7.20. The number of pyridine rings is 1. The van der Waals surface area contributed by atoms with Crippen LogP contribution in [0.1, 0.15) is 35.9 Å². The van der Waals surface area contributed by atoms with Crippen LogP contribution in [0.5, 0.6) is 5.88 Å². The molecule has 2 saturated carbocycles. The molecule has 1 N–H and O–H groups in total. The van der Waals surface area contributed by atoms with Crippen LogP contribution < -0.4 is 4.74 Å². The molecular weight excluding hydrogens is 449 g/mol. The lowest BCUT2D eigenvalue weighted by molar-refractivity contribution is -0.141. The van der Waals surface area contributed by atoms with Gasteiger partial charge in [0.1, 0.15) is 18.0 Å². The molecule has 1 spiro atoms. The molecule has 0 radical (unpaired) electrons. The molecular formula is C23H21F3N6O2. The molecule has 0 bridgehead atoms. The van der Waals surface area contributed by atoms with E-state index >= 15 is 0 Å². The summed E-state index contributed by atoms with van der Waals surface area (Å²) in [6.45, 7) is 2.60. The zero-order valence-electron chi connectivity index (χ0n) is 18.1. The standard InChI is InChI=1S/C23H21F3N6O2/c1-12-5-14(18(31-8-12)20-27-3-2-4-28-20)21(33)32-11-13-6-22(13)7-15(19(22)32)34-17-10-29-16(9-30-17)23(24,25)26/h2-5,8-10,13,15,19,21,33H,6-7,11H2,1H3. The Morgan fingerprint density at radius 1 is 1.09 bits per heavy atom. The number of nitrogens with zero attached hydrogens (tertiary/aromatic N) is 6. The molecule has 8 nitrogen and oxygen atoms in total. The smallest absolute Gasteiger partial charge is 0.434 e. The molecule has 0 amide bonds. The van der Waals surface area contributed by atoms with Crippen LogP contribution in [0, 0.1) is 18.3 Å². The van der Waals surface area contributed by atoms with E-state index in [9.17, 15) is 18.3 Å². The Hall–Kier alpha value is -3.18. The summed E-state index contributed by atoms with van der Waals surface area (Å²) in [6.07, 6.45) is 2.66. The molecule has 2 aliphatic carbocycles. The van der Waals surface area contributed by atoms with Crippen LogP contribution in [-0.4, -0.2) is 53.6 Å². The second-order valence-corrected chi connectivity index (χ2v) is 9.27. The van der Waals surface area contributed by atoms with Crippen molar-refractivity contribution in [1.82, 2.24) is 29.8 Å². The van der Waals surface area contributed by atoms with Gasteiger partial charge in [0, 0.05) is 30.7 Å². The molecule has 176 valence electrons. The first-order valence-corrected chi connectivity index (χ1v) is 11.0. The van der Waals surface area contributed by atoms with E-state index in [1.807, 2.05) is 17.9 Å². The highest BCUT2D eigenvalue weighted by atomic mass is 19.4. The molecule has 3 aromatic heterocycles. The largest absolute Gasteiger partial charge is 0.472 e. The van der Waals surface area contributed by atoms with Crippen LogP contribution >= 0.6 is 0 Å². The van der Waals surface area contributed by atoms with Gasteiger partial charge in [-0.3, -0.25) is 9.88 Å². The first kappa shape index (κ1) is 21.4. The maximum atomic E-state index is 12.8. The fraction of sp³-hybridized carbons (Fsp3) is 0.435. The average Bonchev–Trinajstić information content (AvgIpc) is 3.47. The first-order chi connectivity index (χ1) is 16.3. The number of hydrogen-bond acceptors (Lipinski definition) is 8. The van der Waals surface area contributed by atoms with Crippen molar-refractivity contribution in [3.63, 3.8) is 0 Å². The number of hydrogen-bond donors (Lipinski definition) is 1. The summed E-state index contributed by atoms with van der Waals surface area (Å²) in [5, 5.41) is 11.5. The van der Waals surface area contributed by atoms with Crippen LogP contribution in [-0.2, 0) is 6.18 Å². The van der Waals surface area contributed by atoms with Gasteiger partial charge in [0.15, 0.2) is 11.5 Å². The third-order valence-electron chi connectivity index (χ3n) is 7.20. The Morgan fingerprint density at radius 3 is 2.59 bits per heavy atom. The van der Waals surface area contributed by atoms with Gasteiger partial charge in [-0.2, -0.15) is 13.2 Å². The zero-order valence-corrected chi connectivity index (χ0v) is 18.1. The van der Waals surface area contributed by atoms with Gasteiger partial charge in [0.05, 0.1) is 18.4 Å². The van der Waals surface area contributed by atoms with Gasteiger partial charge in [-0.1, -0.05) is 0 Å². The predicted molar refractivity (Wildman–Crippen MR) is 112 cm³/mol. The molecule has 6 rings (SSSR count). The number of aromatic nitrogens is 5. The lowest BCUT2D eigenvalue weighted by atomic mass is 9.72. The van der Waals surface area contributed by atoms with E-state index in [4.69, 9.17) is 4.74 Å². The zero-order chi connectivity index (χ0) is 23.7. The Kier molecular flexibility index (Phi) is 4.65. The summed E-state index contributed by atoms with van der Waals surface area (Å²) < 4.78 is 44.3. The highest BCUT2D eigenvalue weighted by Crippen LogP contribution is 2.72. The van der Waals surface area contributed by atoms with Crippen molar-refractivity contribution in [2.75, 3.05) is 6.54 Å².